The number of unbranched alkanes of at least 4 members (excludes halogenated alkanes) is 40. The standard InChI is InChI=1S/C71H138O17P2/c1-7-9-11-13-15-17-18-19-20-21-22-23-24-27-31-37-43-49-55-70(75)87-66(60-82-69(74)54-48-42-36-30-28-25-26-29-33-39-45-51-63(3)4)61-85-89(77,78)83-57-65(72)58-84-90(79,80)86-62-67(59-81-68(73)53-47-41-35-16-14-12-10-8-2)88-71(76)56-50-44-38-32-34-40-46-52-64(5)6/h63-67,72H,7-62H2,1-6H3,(H,77,78)(H,79,80)/t65-,66-,67-/m1/s1. The number of hydrogen-bond acceptors (Lipinski definition) is 15. The van der Waals surface area contributed by atoms with Crippen LogP contribution in [0.3, 0.4) is 0 Å². The van der Waals surface area contributed by atoms with Gasteiger partial charge in [0.15, 0.2) is 12.2 Å². The second-order valence-electron chi connectivity index (χ2n) is 26.6. The van der Waals surface area contributed by atoms with E-state index in [2.05, 4.69) is 41.5 Å². The Balaban J connectivity index is 5.20. The zero-order chi connectivity index (χ0) is 66.5. The number of aliphatic hydroxyl groups is 1. The highest BCUT2D eigenvalue weighted by molar-refractivity contribution is 7.47. The van der Waals surface area contributed by atoms with Crippen molar-refractivity contribution in [3.63, 3.8) is 0 Å². The summed E-state index contributed by atoms with van der Waals surface area (Å²) in [7, 11) is -9.90. The second-order valence-corrected chi connectivity index (χ2v) is 29.5. The Morgan fingerprint density at radius 1 is 0.300 bits per heavy atom. The van der Waals surface area contributed by atoms with Gasteiger partial charge >= 0.3 is 39.5 Å². The van der Waals surface area contributed by atoms with Crippen LogP contribution in [0.2, 0.25) is 0 Å². The van der Waals surface area contributed by atoms with Crippen LogP contribution in [0.4, 0.5) is 0 Å². The molecule has 0 bridgehead atoms. The summed E-state index contributed by atoms with van der Waals surface area (Å²) in [5.74, 6) is -0.660. The number of ether oxygens (including phenoxy) is 4. The molecule has 0 saturated heterocycles. The summed E-state index contributed by atoms with van der Waals surface area (Å²) in [5, 5.41) is 10.6. The van der Waals surface area contributed by atoms with Crippen LogP contribution in [0.1, 0.15) is 363 Å². The highest BCUT2D eigenvalue weighted by atomic mass is 31.2. The van der Waals surface area contributed by atoms with Gasteiger partial charge in [-0.15, -0.1) is 0 Å². The molecule has 17 nitrogen and oxygen atoms in total. The first kappa shape index (κ1) is 88.1. The Bertz CT molecular complexity index is 1750. The fourth-order valence-corrected chi connectivity index (χ4v) is 12.3. The first-order valence-electron chi connectivity index (χ1n) is 37.0. The molecule has 534 valence electrons. The Hall–Kier alpha value is -1.94. The maximum Gasteiger partial charge on any atom is 0.472 e. The van der Waals surface area contributed by atoms with Crippen LogP contribution in [0.5, 0.6) is 0 Å². The number of carbonyl (C=O) groups excluding carboxylic acids is 4. The maximum absolute atomic E-state index is 13.0. The summed E-state index contributed by atoms with van der Waals surface area (Å²) >= 11 is 0. The highest BCUT2D eigenvalue weighted by Gasteiger charge is 2.30. The molecule has 0 amide bonds. The van der Waals surface area contributed by atoms with Crippen LogP contribution in [-0.4, -0.2) is 96.7 Å². The van der Waals surface area contributed by atoms with Gasteiger partial charge in [0.05, 0.1) is 26.4 Å². The Labute approximate surface area is 549 Å². The van der Waals surface area contributed by atoms with E-state index in [4.69, 9.17) is 37.0 Å². The summed E-state index contributed by atoms with van der Waals surface area (Å²) < 4.78 is 68.2. The molecule has 0 spiro atoms. The molecule has 0 aromatic carbocycles. The molecule has 0 aliphatic heterocycles. The number of carbonyl (C=O) groups is 4. The van der Waals surface area contributed by atoms with E-state index in [9.17, 15) is 43.2 Å². The third-order valence-corrected chi connectivity index (χ3v) is 18.4. The van der Waals surface area contributed by atoms with Crippen LogP contribution >= 0.6 is 15.6 Å². The topological polar surface area (TPSA) is 237 Å². The quantitative estimate of drug-likeness (QED) is 0.0222. The lowest BCUT2D eigenvalue weighted by atomic mass is 10.0. The molecule has 0 saturated carbocycles. The largest absolute Gasteiger partial charge is 0.472 e. The lowest BCUT2D eigenvalue weighted by molar-refractivity contribution is -0.161. The molecule has 0 heterocycles. The molecule has 90 heavy (non-hydrogen) atoms. The zero-order valence-electron chi connectivity index (χ0n) is 58.4. The minimum absolute atomic E-state index is 0.103. The van der Waals surface area contributed by atoms with E-state index >= 15 is 0 Å². The van der Waals surface area contributed by atoms with Gasteiger partial charge in [0.2, 0.25) is 0 Å². The predicted molar refractivity (Wildman–Crippen MR) is 363 cm³/mol. The molecule has 2 unspecified atom stereocenters. The lowest BCUT2D eigenvalue weighted by Crippen LogP contribution is -2.30. The molecular weight excluding hydrogens is 1190 g/mol. The molecule has 0 aliphatic carbocycles. The van der Waals surface area contributed by atoms with E-state index in [1.54, 1.807) is 0 Å². The van der Waals surface area contributed by atoms with Gasteiger partial charge in [-0.05, 0) is 37.5 Å². The first-order valence-corrected chi connectivity index (χ1v) is 40.0. The molecule has 3 N–H and O–H groups in total. The van der Waals surface area contributed by atoms with Crippen molar-refractivity contribution in [2.45, 2.75) is 381 Å². The Morgan fingerprint density at radius 3 is 0.756 bits per heavy atom. The molecular formula is C71H138O17P2. The molecule has 0 aromatic heterocycles. The number of hydrogen-bond donors (Lipinski definition) is 3. The van der Waals surface area contributed by atoms with Gasteiger partial charge in [0.1, 0.15) is 19.3 Å². The number of esters is 4. The summed E-state index contributed by atoms with van der Waals surface area (Å²) in [4.78, 5) is 72.5. The van der Waals surface area contributed by atoms with Crippen LogP contribution in [0.15, 0.2) is 0 Å². The maximum atomic E-state index is 13.0. The van der Waals surface area contributed by atoms with Crippen molar-refractivity contribution in [3.05, 3.63) is 0 Å². The Morgan fingerprint density at radius 2 is 0.511 bits per heavy atom. The molecule has 0 radical (unpaired) electrons. The van der Waals surface area contributed by atoms with Crippen molar-refractivity contribution in [1.82, 2.24) is 0 Å². The number of phosphoric acid groups is 2. The van der Waals surface area contributed by atoms with E-state index in [0.29, 0.717) is 31.6 Å². The highest BCUT2D eigenvalue weighted by Crippen LogP contribution is 2.45. The summed E-state index contributed by atoms with van der Waals surface area (Å²) in [5.41, 5.74) is 0. The molecule has 0 fully saturated rings. The van der Waals surface area contributed by atoms with Crippen LogP contribution in [0.25, 0.3) is 0 Å². The molecule has 0 aromatic rings. The van der Waals surface area contributed by atoms with Gasteiger partial charge in [-0.2, -0.15) is 0 Å². The first-order chi connectivity index (χ1) is 43.4. The second kappa shape index (κ2) is 63.1. The fourth-order valence-electron chi connectivity index (χ4n) is 10.8. The monoisotopic (exact) mass is 1320 g/mol. The molecule has 5 atom stereocenters. The van der Waals surface area contributed by atoms with Crippen molar-refractivity contribution >= 4 is 39.5 Å². The van der Waals surface area contributed by atoms with Gasteiger partial charge in [-0.3, -0.25) is 37.3 Å². The third kappa shape index (κ3) is 64.8. The predicted octanol–water partition coefficient (Wildman–Crippen LogP) is 20.4. The smallest absolute Gasteiger partial charge is 0.462 e. The minimum atomic E-state index is -4.95. The normalized spacial score (nSPS) is 14.1. The van der Waals surface area contributed by atoms with Gasteiger partial charge < -0.3 is 33.8 Å². The SMILES string of the molecule is CCCCCCCCCCCCCCCCCCCCC(=O)O[C@H](COC(=O)CCCCCCCCCCCCCC(C)C)COP(=O)(O)OC[C@@H](O)COP(=O)(O)OC[C@@H](COC(=O)CCCCCCCCCC)OC(=O)CCCCCCCCCC(C)C. The molecule has 0 rings (SSSR count). The number of aliphatic hydroxyl groups excluding tert-OH is 1. The van der Waals surface area contributed by atoms with Crippen LogP contribution in [0, 0.1) is 11.8 Å². The molecule has 0 aliphatic rings. The van der Waals surface area contributed by atoms with Gasteiger partial charge in [-0.1, -0.05) is 311 Å². The van der Waals surface area contributed by atoms with Crippen molar-refractivity contribution in [2.75, 3.05) is 39.6 Å². The summed E-state index contributed by atoms with van der Waals surface area (Å²) in [6.45, 7) is 9.47. The fraction of sp³-hybridized carbons (Fsp3) is 0.944. The minimum Gasteiger partial charge on any atom is -0.462 e. The van der Waals surface area contributed by atoms with E-state index in [1.807, 2.05) is 0 Å². The third-order valence-electron chi connectivity index (χ3n) is 16.5. The van der Waals surface area contributed by atoms with Gasteiger partial charge in [-0.25, -0.2) is 9.13 Å². The molecule has 19 heteroatoms. The number of rotatable bonds is 70. The average Bonchev–Trinajstić information content (AvgIpc) is 3.72. The lowest BCUT2D eigenvalue weighted by Gasteiger charge is -2.21. The zero-order valence-corrected chi connectivity index (χ0v) is 60.2. The Kier molecular flexibility index (Phi) is 61.8. The summed E-state index contributed by atoms with van der Waals surface area (Å²) in [6, 6.07) is 0. The summed E-state index contributed by atoms with van der Waals surface area (Å²) in [6.07, 6.45) is 48.8. The van der Waals surface area contributed by atoms with Crippen molar-refractivity contribution in [1.29, 1.82) is 0 Å². The number of phosphoric ester groups is 2. The van der Waals surface area contributed by atoms with Crippen molar-refractivity contribution in [3.8, 4) is 0 Å². The van der Waals surface area contributed by atoms with E-state index in [-0.39, 0.29) is 25.7 Å². The van der Waals surface area contributed by atoms with Crippen LogP contribution in [-0.2, 0) is 65.4 Å². The van der Waals surface area contributed by atoms with Crippen molar-refractivity contribution in [2.24, 2.45) is 11.8 Å². The van der Waals surface area contributed by atoms with E-state index in [0.717, 1.165) is 102 Å². The van der Waals surface area contributed by atoms with E-state index in [1.165, 1.54) is 173 Å². The van der Waals surface area contributed by atoms with Gasteiger partial charge in [0.25, 0.3) is 0 Å². The van der Waals surface area contributed by atoms with E-state index < -0.39 is 97.5 Å². The van der Waals surface area contributed by atoms with Crippen LogP contribution < -0.4 is 0 Å². The van der Waals surface area contributed by atoms with Gasteiger partial charge in [0, 0.05) is 25.7 Å². The average molecular weight is 1330 g/mol. The van der Waals surface area contributed by atoms with Crippen molar-refractivity contribution < 1.29 is 80.2 Å².